The number of nitrogens with one attached hydrogen (secondary N) is 1. The summed E-state index contributed by atoms with van der Waals surface area (Å²) in [7, 11) is 0. The van der Waals surface area contributed by atoms with Gasteiger partial charge < -0.3 is 10.1 Å². The van der Waals surface area contributed by atoms with E-state index in [0.717, 1.165) is 24.8 Å². The van der Waals surface area contributed by atoms with Crippen LogP contribution in [0.15, 0.2) is 24.3 Å². The van der Waals surface area contributed by atoms with Crippen LogP contribution in [0.3, 0.4) is 0 Å². The lowest BCUT2D eigenvalue weighted by atomic mass is 10.1. The van der Waals surface area contributed by atoms with E-state index in [4.69, 9.17) is 16.3 Å². The van der Waals surface area contributed by atoms with Crippen LogP contribution in [0.2, 0.25) is 5.02 Å². The van der Waals surface area contributed by atoms with E-state index >= 15 is 0 Å². The van der Waals surface area contributed by atoms with Crippen LogP contribution in [0.4, 0.5) is 0 Å². The SMILES string of the molecule is Clc1cccc(C2COCCN2)c1. The summed E-state index contributed by atoms with van der Waals surface area (Å²) < 4.78 is 5.37. The molecule has 2 rings (SSSR count). The Morgan fingerprint density at radius 3 is 3.08 bits per heavy atom. The van der Waals surface area contributed by atoms with Crippen LogP contribution in [0.25, 0.3) is 0 Å². The standard InChI is InChI=1S/C10H12ClNO/c11-9-3-1-2-8(6-9)10-7-13-5-4-12-10/h1-3,6,10,12H,4-5,7H2. The molecule has 0 radical (unpaired) electrons. The summed E-state index contributed by atoms with van der Waals surface area (Å²) in [5.41, 5.74) is 1.20. The van der Waals surface area contributed by atoms with E-state index < -0.39 is 0 Å². The molecule has 3 heteroatoms. The van der Waals surface area contributed by atoms with E-state index in [-0.39, 0.29) is 0 Å². The van der Waals surface area contributed by atoms with Crippen LogP contribution >= 0.6 is 11.6 Å². The molecular weight excluding hydrogens is 186 g/mol. The molecule has 1 aliphatic rings. The highest BCUT2D eigenvalue weighted by atomic mass is 35.5. The smallest absolute Gasteiger partial charge is 0.0662 e. The quantitative estimate of drug-likeness (QED) is 0.744. The minimum absolute atomic E-state index is 0.299. The minimum atomic E-state index is 0.299. The van der Waals surface area contributed by atoms with Gasteiger partial charge in [-0.05, 0) is 17.7 Å². The predicted octanol–water partition coefficient (Wildman–Crippen LogP) is 2.00. The fourth-order valence-corrected chi connectivity index (χ4v) is 1.70. The van der Waals surface area contributed by atoms with Gasteiger partial charge in [-0.1, -0.05) is 23.7 Å². The number of hydrogen-bond acceptors (Lipinski definition) is 2. The van der Waals surface area contributed by atoms with Gasteiger partial charge in [0, 0.05) is 11.6 Å². The van der Waals surface area contributed by atoms with Crippen molar-refractivity contribution in [3.05, 3.63) is 34.9 Å². The van der Waals surface area contributed by atoms with Crippen molar-refractivity contribution in [3.8, 4) is 0 Å². The molecule has 0 aliphatic carbocycles. The molecule has 1 N–H and O–H groups in total. The maximum absolute atomic E-state index is 5.90. The van der Waals surface area contributed by atoms with E-state index in [1.165, 1.54) is 5.56 Å². The fourth-order valence-electron chi connectivity index (χ4n) is 1.50. The largest absolute Gasteiger partial charge is 0.378 e. The molecule has 1 aliphatic heterocycles. The number of morpholine rings is 1. The van der Waals surface area contributed by atoms with Crippen LogP contribution in [-0.4, -0.2) is 19.8 Å². The molecule has 2 nitrogen and oxygen atoms in total. The highest BCUT2D eigenvalue weighted by molar-refractivity contribution is 6.30. The van der Waals surface area contributed by atoms with Gasteiger partial charge in [0.25, 0.3) is 0 Å². The van der Waals surface area contributed by atoms with Gasteiger partial charge in [0.2, 0.25) is 0 Å². The molecule has 1 atom stereocenters. The van der Waals surface area contributed by atoms with Crippen molar-refractivity contribution >= 4 is 11.6 Å². The lowest BCUT2D eigenvalue weighted by molar-refractivity contribution is 0.0769. The molecule has 1 saturated heterocycles. The molecule has 0 amide bonds. The van der Waals surface area contributed by atoms with Crippen LogP contribution in [0.5, 0.6) is 0 Å². The molecular formula is C10H12ClNO. The van der Waals surface area contributed by atoms with E-state index in [1.54, 1.807) is 0 Å². The summed E-state index contributed by atoms with van der Waals surface area (Å²) in [4.78, 5) is 0. The number of ether oxygens (including phenoxy) is 1. The minimum Gasteiger partial charge on any atom is -0.378 e. The van der Waals surface area contributed by atoms with E-state index in [0.29, 0.717) is 6.04 Å². The number of rotatable bonds is 1. The second-order valence-electron chi connectivity index (χ2n) is 3.14. The Bertz CT molecular complexity index is 284. The van der Waals surface area contributed by atoms with Crippen LogP contribution in [0, 0.1) is 0 Å². The lowest BCUT2D eigenvalue weighted by Gasteiger charge is -2.24. The zero-order valence-corrected chi connectivity index (χ0v) is 8.05. The summed E-state index contributed by atoms with van der Waals surface area (Å²) in [6.07, 6.45) is 0. The van der Waals surface area contributed by atoms with Crippen molar-refractivity contribution in [1.29, 1.82) is 0 Å². The van der Waals surface area contributed by atoms with Gasteiger partial charge >= 0.3 is 0 Å². The third-order valence-corrected chi connectivity index (χ3v) is 2.41. The Morgan fingerprint density at radius 2 is 2.38 bits per heavy atom. The number of halogens is 1. The molecule has 1 aromatic rings. The van der Waals surface area contributed by atoms with Crippen molar-refractivity contribution in [2.75, 3.05) is 19.8 Å². The Kier molecular flexibility index (Phi) is 2.83. The van der Waals surface area contributed by atoms with Crippen LogP contribution in [0.1, 0.15) is 11.6 Å². The van der Waals surface area contributed by atoms with Gasteiger partial charge in [-0.25, -0.2) is 0 Å². The first-order chi connectivity index (χ1) is 6.36. The van der Waals surface area contributed by atoms with E-state index in [1.807, 2.05) is 18.2 Å². The topological polar surface area (TPSA) is 21.3 Å². The van der Waals surface area contributed by atoms with Gasteiger partial charge in [-0.2, -0.15) is 0 Å². The molecule has 1 unspecified atom stereocenters. The summed E-state index contributed by atoms with van der Waals surface area (Å²) >= 11 is 5.90. The molecule has 0 aromatic heterocycles. The first-order valence-electron chi connectivity index (χ1n) is 4.43. The molecule has 1 heterocycles. The first kappa shape index (κ1) is 9.00. The number of benzene rings is 1. The van der Waals surface area contributed by atoms with Crippen LogP contribution < -0.4 is 5.32 Å². The molecule has 0 bridgehead atoms. The summed E-state index contributed by atoms with van der Waals surface area (Å²) in [6, 6.07) is 8.20. The summed E-state index contributed by atoms with van der Waals surface area (Å²) in [5, 5.41) is 4.16. The van der Waals surface area contributed by atoms with Crippen molar-refractivity contribution in [3.63, 3.8) is 0 Å². The fraction of sp³-hybridized carbons (Fsp3) is 0.400. The average molecular weight is 198 g/mol. The molecule has 13 heavy (non-hydrogen) atoms. The van der Waals surface area contributed by atoms with Crippen molar-refractivity contribution in [2.45, 2.75) is 6.04 Å². The third kappa shape index (κ3) is 2.21. The zero-order chi connectivity index (χ0) is 9.10. The first-order valence-corrected chi connectivity index (χ1v) is 4.80. The normalized spacial score (nSPS) is 23.0. The maximum Gasteiger partial charge on any atom is 0.0662 e. The van der Waals surface area contributed by atoms with E-state index in [9.17, 15) is 0 Å². The summed E-state index contributed by atoms with van der Waals surface area (Å²) in [6.45, 7) is 2.45. The van der Waals surface area contributed by atoms with Crippen molar-refractivity contribution < 1.29 is 4.74 Å². The van der Waals surface area contributed by atoms with Gasteiger partial charge in [-0.15, -0.1) is 0 Å². The summed E-state index contributed by atoms with van der Waals surface area (Å²) in [5.74, 6) is 0. The van der Waals surface area contributed by atoms with E-state index in [2.05, 4.69) is 11.4 Å². The molecule has 1 fully saturated rings. The predicted molar refractivity (Wildman–Crippen MR) is 53.0 cm³/mol. The van der Waals surface area contributed by atoms with Gasteiger partial charge in [0.15, 0.2) is 0 Å². The second kappa shape index (κ2) is 4.09. The lowest BCUT2D eigenvalue weighted by Crippen LogP contribution is -2.34. The monoisotopic (exact) mass is 197 g/mol. The van der Waals surface area contributed by atoms with Gasteiger partial charge in [0.05, 0.1) is 19.3 Å². The average Bonchev–Trinajstić information content (AvgIpc) is 2.19. The molecule has 0 spiro atoms. The van der Waals surface area contributed by atoms with Crippen LogP contribution in [-0.2, 0) is 4.74 Å². The Balaban J connectivity index is 2.14. The molecule has 0 saturated carbocycles. The maximum atomic E-state index is 5.90. The van der Waals surface area contributed by atoms with Gasteiger partial charge in [0.1, 0.15) is 0 Å². The number of hydrogen-bond donors (Lipinski definition) is 1. The highest BCUT2D eigenvalue weighted by Crippen LogP contribution is 2.19. The van der Waals surface area contributed by atoms with Gasteiger partial charge in [-0.3, -0.25) is 0 Å². The molecule has 70 valence electrons. The second-order valence-corrected chi connectivity index (χ2v) is 3.57. The molecule has 1 aromatic carbocycles. The Morgan fingerprint density at radius 1 is 1.46 bits per heavy atom. The zero-order valence-electron chi connectivity index (χ0n) is 7.29. The van der Waals surface area contributed by atoms with Crippen molar-refractivity contribution in [2.24, 2.45) is 0 Å². The Labute approximate surface area is 82.9 Å². The highest BCUT2D eigenvalue weighted by Gasteiger charge is 2.14. The Hall–Kier alpha value is -0.570. The van der Waals surface area contributed by atoms with Crippen molar-refractivity contribution in [1.82, 2.24) is 5.32 Å². The third-order valence-electron chi connectivity index (χ3n) is 2.17.